The van der Waals surface area contributed by atoms with E-state index in [2.05, 4.69) is 10.3 Å². The van der Waals surface area contributed by atoms with Gasteiger partial charge in [0.05, 0.1) is 27.0 Å². The van der Waals surface area contributed by atoms with Crippen LogP contribution in [0.3, 0.4) is 0 Å². The Morgan fingerprint density at radius 2 is 1.87 bits per heavy atom. The first kappa shape index (κ1) is 21.9. The summed E-state index contributed by atoms with van der Waals surface area (Å²) in [7, 11) is 0. The average molecular weight is 467 g/mol. The van der Waals surface area contributed by atoms with Crippen molar-refractivity contribution in [3.05, 3.63) is 80.0 Å². The summed E-state index contributed by atoms with van der Waals surface area (Å²) in [6.45, 7) is 1.60. The van der Waals surface area contributed by atoms with E-state index >= 15 is 4.39 Å². The minimum atomic E-state index is -0.811. The number of benzene rings is 3. The monoisotopic (exact) mass is 465 g/mol. The molecule has 9 heteroatoms. The summed E-state index contributed by atoms with van der Waals surface area (Å²) in [6.07, 6.45) is 1.26. The lowest BCUT2D eigenvalue weighted by Crippen LogP contribution is -2.15. The number of aliphatic imine (C=N–C) groups is 1. The van der Waals surface area contributed by atoms with Gasteiger partial charge in [0.1, 0.15) is 5.75 Å². The van der Waals surface area contributed by atoms with Crippen molar-refractivity contribution in [3.8, 4) is 5.75 Å². The fourth-order valence-corrected chi connectivity index (χ4v) is 3.20. The van der Waals surface area contributed by atoms with Gasteiger partial charge in [-0.2, -0.15) is 0 Å². The van der Waals surface area contributed by atoms with E-state index < -0.39 is 11.7 Å². The summed E-state index contributed by atoms with van der Waals surface area (Å²) in [5.41, 5.74) is 6.68. The summed E-state index contributed by atoms with van der Waals surface area (Å²) >= 11 is 17.7. The Morgan fingerprint density at radius 3 is 2.57 bits per heavy atom. The maximum atomic E-state index is 15.1. The third kappa shape index (κ3) is 4.67. The fraction of sp³-hybridized carbons (Fsp3) is 0.0476. The Bertz CT molecular complexity index is 1180. The second-order valence-electron chi connectivity index (χ2n) is 6.36. The van der Waals surface area contributed by atoms with Crippen LogP contribution in [-0.4, -0.2) is 17.2 Å². The molecule has 0 aromatic heterocycles. The molecule has 0 aliphatic carbocycles. The lowest BCUT2D eigenvalue weighted by molar-refractivity contribution is 0.102. The number of phenolic OH excluding ortho intramolecular Hbond substituents is 1. The Labute approximate surface area is 186 Å². The molecule has 5 nitrogen and oxygen atoms in total. The van der Waals surface area contributed by atoms with E-state index in [9.17, 15) is 9.90 Å². The first-order valence-corrected chi connectivity index (χ1v) is 9.68. The molecule has 0 saturated heterocycles. The van der Waals surface area contributed by atoms with E-state index in [1.54, 1.807) is 19.1 Å². The van der Waals surface area contributed by atoms with Crippen LogP contribution in [0.5, 0.6) is 5.75 Å². The molecule has 0 saturated carbocycles. The summed E-state index contributed by atoms with van der Waals surface area (Å²) in [6, 6.07) is 10.3. The maximum absolute atomic E-state index is 15.1. The Kier molecular flexibility index (Phi) is 6.51. The minimum Gasteiger partial charge on any atom is -0.506 e. The Balaban J connectivity index is 1.93. The molecule has 0 heterocycles. The van der Waals surface area contributed by atoms with E-state index in [4.69, 9.17) is 40.5 Å². The van der Waals surface area contributed by atoms with Gasteiger partial charge in [-0.3, -0.25) is 9.79 Å². The smallest absolute Gasteiger partial charge is 0.258 e. The van der Waals surface area contributed by atoms with Gasteiger partial charge in [0.15, 0.2) is 5.82 Å². The summed E-state index contributed by atoms with van der Waals surface area (Å²) < 4.78 is 15.1. The van der Waals surface area contributed by atoms with E-state index in [1.165, 1.54) is 36.5 Å². The zero-order valence-electron chi connectivity index (χ0n) is 15.5. The molecule has 4 N–H and O–H groups in total. The van der Waals surface area contributed by atoms with Gasteiger partial charge in [-0.15, -0.1) is 0 Å². The highest BCUT2D eigenvalue weighted by atomic mass is 35.5. The van der Waals surface area contributed by atoms with Crippen LogP contribution >= 0.6 is 34.8 Å². The minimum absolute atomic E-state index is 0.0493. The molecule has 0 fully saturated rings. The topological polar surface area (TPSA) is 87.7 Å². The van der Waals surface area contributed by atoms with E-state index in [1.807, 2.05) is 0 Å². The maximum Gasteiger partial charge on any atom is 0.258 e. The SMILES string of the molecule is Cc1ccc(N=Cc2cc(Cl)cc(O)c2N)c(F)c1C(=O)Nc1ccc(Cl)c(Cl)c1. The number of nitrogens with two attached hydrogens (primary N) is 1. The molecule has 0 bridgehead atoms. The highest BCUT2D eigenvalue weighted by molar-refractivity contribution is 6.42. The van der Waals surface area contributed by atoms with Gasteiger partial charge >= 0.3 is 0 Å². The number of amides is 1. The quantitative estimate of drug-likeness (QED) is 0.237. The number of nitrogens with one attached hydrogen (secondary N) is 1. The second kappa shape index (κ2) is 8.92. The van der Waals surface area contributed by atoms with Crippen LogP contribution in [0.1, 0.15) is 21.5 Å². The molecular weight excluding hydrogens is 452 g/mol. The molecule has 0 aliphatic rings. The van der Waals surface area contributed by atoms with Crippen LogP contribution < -0.4 is 11.1 Å². The standard InChI is InChI=1S/C21H15Cl3FN3O2/c1-10-2-5-16(27-9-11-6-12(22)7-17(29)20(11)26)19(25)18(10)21(30)28-13-3-4-14(23)15(24)8-13/h2-9,29H,26H2,1H3,(H,28,30). The van der Waals surface area contributed by atoms with Crippen molar-refractivity contribution in [2.45, 2.75) is 6.92 Å². The lowest BCUT2D eigenvalue weighted by Gasteiger charge is -2.11. The van der Waals surface area contributed by atoms with Crippen LogP contribution in [0.2, 0.25) is 15.1 Å². The second-order valence-corrected chi connectivity index (χ2v) is 7.61. The highest BCUT2D eigenvalue weighted by Crippen LogP contribution is 2.30. The number of anilines is 2. The van der Waals surface area contributed by atoms with Gasteiger partial charge in [0, 0.05) is 28.6 Å². The lowest BCUT2D eigenvalue weighted by atomic mass is 10.1. The summed E-state index contributed by atoms with van der Waals surface area (Å²) in [5.74, 6) is -1.69. The molecule has 3 aromatic carbocycles. The molecule has 154 valence electrons. The number of halogens is 4. The molecule has 0 unspecified atom stereocenters. The normalized spacial score (nSPS) is 11.1. The fourth-order valence-electron chi connectivity index (χ4n) is 2.68. The van der Waals surface area contributed by atoms with Gasteiger partial charge in [0.2, 0.25) is 0 Å². The zero-order chi connectivity index (χ0) is 22.0. The van der Waals surface area contributed by atoms with Crippen LogP contribution in [0.15, 0.2) is 47.5 Å². The van der Waals surface area contributed by atoms with Crippen molar-refractivity contribution in [2.24, 2.45) is 4.99 Å². The van der Waals surface area contributed by atoms with Crippen molar-refractivity contribution >= 4 is 64.0 Å². The number of hydrogen-bond donors (Lipinski definition) is 3. The molecule has 0 atom stereocenters. The number of phenols is 1. The van der Waals surface area contributed by atoms with E-state index in [-0.39, 0.29) is 32.7 Å². The van der Waals surface area contributed by atoms with Crippen LogP contribution in [0.25, 0.3) is 0 Å². The molecule has 0 aliphatic heterocycles. The first-order valence-electron chi connectivity index (χ1n) is 8.55. The molecule has 3 rings (SSSR count). The first-order chi connectivity index (χ1) is 14.2. The van der Waals surface area contributed by atoms with Crippen LogP contribution in [-0.2, 0) is 0 Å². The van der Waals surface area contributed by atoms with E-state index in [0.29, 0.717) is 21.8 Å². The largest absolute Gasteiger partial charge is 0.506 e. The number of rotatable bonds is 4. The molecule has 3 aromatic rings. The predicted molar refractivity (Wildman–Crippen MR) is 120 cm³/mol. The third-order valence-electron chi connectivity index (χ3n) is 4.23. The van der Waals surface area contributed by atoms with E-state index in [0.717, 1.165) is 0 Å². The van der Waals surface area contributed by atoms with Crippen LogP contribution in [0.4, 0.5) is 21.5 Å². The van der Waals surface area contributed by atoms with Crippen LogP contribution in [0, 0.1) is 12.7 Å². The van der Waals surface area contributed by atoms with Crippen molar-refractivity contribution in [2.75, 3.05) is 11.1 Å². The molecular formula is C21H15Cl3FN3O2. The zero-order valence-corrected chi connectivity index (χ0v) is 17.8. The predicted octanol–water partition coefficient (Wildman–Crippen LogP) is 6.39. The number of hydrogen-bond acceptors (Lipinski definition) is 4. The number of nitrogen functional groups attached to an aromatic ring is 1. The Morgan fingerprint density at radius 1 is 1.13 bits per heavy atom. The number of nitrogens with zero attached hydrogens (tertiary/aromatic N) is 1. The summed E-state index contributed by atoms with van der Waals surface area (Å²) in [5, 5.41) is 13.2. The Hall–Kier alpha value is -2.80. The van der Waals surface area contributed by atoms with Gasteiger partial charge < -0.3 is 16.2 Å². The van der Waals surface area contributed by atoms with Crippen molar-refractivity contribution < 1.29 is 14.3 Å². The third-order valence-corrected chi connectivity index (χ3v) is 5.19. The van der Waals surface area contributed by atoms with Crippen molar-refractivity contribution in [1.82, 2.24) is 0 Å². The molecule has 0 spiro atoms. The molecule has 0 radical (unpaired) electrons. The van der Waals surface area contributed by atoms with Gasteiger partial charge in [-0.25, -0.2) is 4.39 Å². The number of carbonyl (C=O) groups excluding carboxylic acids is 1. The number of aromatic hydroxyl groups is 1. The van der Waals surface area contributed by atoms with Crippen molar-refractivity contribution in [3.63, 3.8) is 0 Å². The van der Waals surface area contributed by atoms with Gasteiger partial charge in [-0.05, 0) is 42.8 Å². The number of aryl methyl sites for hydroxylation is 1. The molecule has 30 heavy (non-hydrogen) atoms. The van der Waals surface area contributed by atoms with Gasteiger partial charge in [-0.1, -0.05) is 40.9 Å². The summed E-state index contributed by atoms with van der Waals surface area (Å²) in [4.78, 5) is 16.7. The average Bonchev–Trinajstić information content (AvgIpc) is 2.67. The highest BCUT2D eigenvalue weighted by Gasteiger charge is 2.18. The van der Waals surface area contributed by atoms with Crippen molar-refractivity contribution in [1.29, 1.82) is 0 Å². The molecule has 1 amide bonds. The van der Waals surface area contributed by atoms with Gasteiger partial charge in [0.25, 0.3) is 5.91 Å². The number of carbonyl (C=O) groups is 1.